The lowest BCUT2D eigenvalue weighted by molar-refractivity contribution is -0.141. The highest BCUT2D eigenvalue weighted by Gasteiger charge is 2.11. The maximum atomic E-state index is 10.8. The van der Waals surface area contributed by atoms with Crippen molar-refractivity contribution in [1.29, 1.82) is 0 Å². The van der Waals surface area contributed by atoms with E-state index in [9.17, 15) is 9.59 Å². The van der Waals surface area contributed by atoms with Gasteiger partial charge in [-0.1, -0.05) is 6.92 Å². The molecule has 0 aromatic rings. The normalized spacial score (nSPS) is 12.2. The maximum absolute atomic E-state index is 10.8. The molecule has 1 atom stereocenters. The summed E-state index contributed by atoms with van der Waals surface area (Å²) in [5.74, 6) is -1.63. The van der Waals surface area contributed by atoms with E-state index in [1.54, 1.807) is 14.0 Å². The van der Waals surface area contributed by atoms with Gasteiger partial charge in [0.05, 0.1) is 12.5 Å². The van der Waals surface area contributed by atoms with Crippen molar-refractivity contribution < 1.29 is 14.7 Å². The molecule has 5 heteroatoms. The summed E-state index contributed by atoms with van der Waals surface area (Å²) in [6, 6.07) is 0. The maximum Gasteiger partial charge on any atom is 0.308 e. The molecule has 0 spiro atoms. The summed E-state index contributed by atoms with van der Waals surface area (Å²) in [4.78, 5) is 21.1. The van der Waals surface area contributed by atoms with Crippen LogP contribution in [0.1, 0.15) is 6.92 Å². The van der Waals surface area contributed by atoms with E-state index in [4.69, 9.17) is 5.11 Å². The van der Waals surface area contributed by atoms with Crippen molar-refractivity contribution in [3.63, 3.8) is 0 Å². The smallest absolute Gasteiger partial charge is 0.308 e. The Morgan fingerprint density at radius 1 is 1.50 bits per heavy atom. The molecule has 0 fully saturated rings. The Morgan fingerprint density at radius 2 is 2.08 bits per heavy atom. The van der Waals surface area contributed by atoms with Crippen LogP contribution in [0.25, 0.3) is 0 Å². The molecule has 0 aromatic carbocycles. The molecule has 0 aromatic heterocycles. The lowest BCUT2D eigenvalue weighted by atomic mass is 10.2. The number of aliphatic carboxylic acids is 1. The van der Waals surface area contributed by atoms with Crippen LogP contribution in [0, 0.1) is 5.92 Å². The molecule has 70 valence electrons. The highest BCUT2D eigenvalue weighted by atomic mass is 16.4. The van der Waals surface area contributed by atoms with Crippen molar-refractivity contribution >= 4 is 11.9 Å². The van der Waals surface area contributed by atoms with E-state index < -0.39 is 11.9 Å². The minimum atomic E-state index is -0.903. The fourth-order valence-corrected chi connectivity index (χ4v) is 0.577. The van der Waals surface area contributed by atoms with E-state index in [2.05, 4.69) is 10.6 Å². The first-order valence-electron chi connectivity index (χ1n) is 3.72. The van der Waals surface area contributed by atoms with Crippen molar-refractivity contribution in [2.24, 2.45) is 5.92 Å². The van der Waals surface area contributed by atoms with Gasteiger partial charge < -0.3 is 15.7 Å². The van der Waals surface area contributed by atoms with Gasteiger partial charge in [-0.15, -0.1) is 0 Å². The number of hydrogen-bond donors (Lipinski definition) is 3. The van der Waals surface area contributed by atoms with Crippen LogP contribution in [-0.4, -0.2) is 37.1 Å². The molecular weight excluding hydrogens is 160 g/mol. The number of nitrogens with one attached hydrogen (secondary N) is 2. The van der Waals surface area contributed by atoms with Gasteiger partial charge in [0.25, 0.3) is 0 Å². The molecular formula is C7H14N2O3. The van der Waals surface area contributed by atoms with Crippen molar-refractivity contribution in [2.45, 2.75) is 6.92 Å². The average Bonchev–Trinajstić information content (AvgIpc) is 2.00. The number of hydrogen-bond acceptors (Lipinski definition) is 3. The lowest BCUT2D eigenvalue weighted by Gasteiger charge is -2.07. The number of likely N-dealkylation sites (N-methyl/N-ethyl adjacent to an activating group) is 1. The molecule has 0 saturated heterocycles. The van der Waals surface area contributed by atoms with Crippen LogP contribution < -0.4 is 10.6 Å². The summed E-state index contributed by atoms with van der Waals surface area (Å²) >= 11 is 0. The van der Waals surface area contributed by atoms with Crippen molar-refractivity contribution in [1.82, 2.24) is 10.6 Å². The molecule has 12 heavy (non-hydrogen) atoms. The number of carboxylic acid groups (broad SMARTS) is 1. The zero-order chi connectivity index (χ0) is 9.56. The Bertz CT molecular complexity index is 170. The minimum absolute atomic E-state index is 0.176. The third kappa shape index (κ3) is 4.68. The Balaban J connectivity index is 3.54. The molecule has 1 amide bonds. The van der Waals surface area contributed by atoms with Crippen LogP contribution >= 0.6 is 0 Å². The Kier molecular flexibility index (Phi) is 5.03. The van der Waals surface area contributed by atoms with Crippen molar-refractivity contribution in [3.05, 3.63) is 0 Å². The first-order valence-corrected chi connectivity index (χ1v) is 3.72. The third-order valence-corrected chi connectivity index (χ3v) is 1.36. The standard InChI is InChI=1S/C7H14N2O3/c1-5(7(11)12)3-9-6(10)4-8-2/h5,8H,3-4H2,1-2H3,(H,9,10)(H,11,12). The Hall–Kier alpha value is -1.10. The number of carbonyl (C=O) groups excluding carboxylic acids is 1. The molecule has 0 heterocycles. The number of carbonyl (C=O) groups is 2. The molecule has 5 nitrogen and oxygen atoms in total. The average molecular weight is 174 g/mol. The van der Waals surface area contributed by atoms with Gasteiger partial charge in [-0.3, -0.25) is 9.59 Å². The molecule has 0 aliphatic rings. The van der Waals surface area contributed by atoms with Crippen LogP contribution in [0.5, 0.6) is 0 Å². The summed E-state index contributed by atoms with van der Waals surface area (Å²) in [5, 5.41) is 13.6. The van der Waals surface area contributed by atoms with E-state index in [-0.39, 0.29) is 19.0 Å². The summed E-state index contributed by atoms with van der Waals surface area (Å²) in [6.45, 7) is 1.93. The SMILES string of the molecule is CNCC(=O)NCC(C)C(=O)O. The summed E-state index contributed by atoms with van der Waals surface area (Å²) in [6.07, 6.45) is 0. The molecule has 3 N–H and O–H groups in total. The fraction of sp³-hybridized carbons (Fsp3) is 0.714. The predicted molar refractivity (Wildman–Crippen MR) is 43.7 cm³/mol. The van der Waals surface area contributed by atoms with Crippen LogP contribution in [-0.2, 0) is 9.59 Å². The number of carboxylic acids is 1. The zero-order valence-corrected chi connectivity index (χ0v) is 7.26. The van der Waals surface area contributed by atoms with Gasteiger partial charge in [-0.2, -0.15) is 0 Å². The van der Waals surface area contributed by atoms with E-state index in [1.807, 2.05) is 0 Å². The fourth-order valence-electron chi connectivity index (χ4n) is 0.577. The lowest BCUT2D eigenvalue weighted by Crippen LogP contribution is -2.36. The molecule has 0 aliphatic carbocycles. The molecule has 0 aliphatic heterocycles. The largest absolute Gasteiger partial charge is 0.481 e. The van der Waals surface area contributed by atoms with Crippen LogP contribution in [0.4, 0.5) is 0 Å². The van der Waals surface area contributed by atoms with Gasteiger partial charge in [-0.05, 0) is 7.05 Å². The molecule has 0 radical (unpaired) electrons. The number of amides is 1. The summed E-state index contributed by atoms with van der Waals surface area (Å²) in [5.41, 5.74) is 0. The Morgan fingerprint density at radius 3 is 2.50 bits per heavy atom. The second-order valence-electron chi connectivity index (χ2n) is 2.57. The van der Waals surface area contributed by atoms with Crippen molar-refractivity contribution in [3.8, 4) is 0 Å². The third-order valence-electron chi connectivity index (χ3n) is 1.36. The number of rotatable bonds is 5. The Labute approximate surface area is 71.1 Å². The van der Waals surface area contributed by atoms with Gasteiger partial charge in [-0.25, -0.2) is 0 Å². The monoisotopic (exact) mass is 174 g/mol. The first-order chi connectivity index (χ1) is 5.57. The van der Waals surface area contributed by atoms with Crippen LogP contribution in [0.15, 0.2) is 0 Å². The molecule has 0 bridgehead atoms. The minimum Gasteiger partial charge on any atom is -0.481 e. The first kappa shape index (κ1) is 10.9. The highest BCUT2D eigenvalue weighted by molar-refractivity contribution is 5.78. The van der Waals surface area contributed by atoms with E-state index in [0.29, 0.717) is 0 Å². The highest BCUT2D eigenvalue weighted by Crippen LogP contribution is 1.90. The molecule has 0 saturated carbocycles. The summed E-state index contributed by atoms with van der Waals surface area (Å²) in [7, 11) is 1.65. The molecule has 0 rings (SSSR count). The van der Waals surface area contributed by atoms with Gasteiger partial charge in [0.15, 0.2) is 0 Å². The topological polar surface area (TPSA) is 78.4 Å². The van der Waals surface area contributed by atoms with Gasteiger partial charge in [0.2, 0.25) is 5.91 Å². The van der Waals surface area contributed by atoms with Gasteiger partial charge in [0.1, 0.15) is 0 Å². The van der Waals surface area contributed by atoms with E-state index in [1.165, 1.54) is 0 Å². The zero-order valence-electron chi connectivity index (χ0n) is 7.26. The predicted octanol–water partition coefficient (Wildman–Crippen LogP) is -0.957. The second-order valence-corrected chi connectivity index (χ2v) is 2.57. The van der Waals surface area contributed by atoms with Crippen LogP contribution in [0.3, 0.4) is 0 Å². The van der Waals surface area contributed by atoms with E-state index >= 15 is 0 Å². The summed E-state index contributed by atoms with van der Waals surface area (Å²) < 4.78 is 0. The van der Waals surface area contributed by atoms with Crippen molar-refractivity contribution in [2.75, 3.05) is 20.1 Å². The van der Waals surface area contributed by atoms with Gasteiger partial charge >= 0.3 is 5.97 Å². The van der Waals surface area contributed by atoms with Gasteiger partial charge in [0, 0.05) is 6.54 Å². The van der Waals surface area contributed by atoms with Crippen LogP contribution in [0.2, 0.25) is 0 Å². The quantitative estimate of drug-likeness (QED) is 0.501. The van der Waals surface area contributed by atoms with E-state index in [0.717, 1.165) is 0 Å². The molecule has 1 unspecified atom stereocenters. The second kappa shape index (κ2) is 5.54.